The van der Waals surface area contributed by atoms with Gasteiger partial charge in [0.15, 0.2) is 5.65 Å². The van der Waals surface area contributed by atoms with Gasteiger partial charge in [-0.1, -0.05) is 36.4 Å². The van der Waals surface area contributed by atoms with E-state index in [1.165, 1.54) is 16.4 Å². The van der Waals surface area contributed by atoms with E-state index in [2.05, 4.69) is 19.9 Å². The average Bonchev–Trinajstić information content (AvgIpc) is 3.37. The highest BCUT2D eigenvalue weighted by atomic mass is 32.2. The summed E-state index contributed by atoms with van der Waals surface area (Å²) in [6, 6.07) is 20.7. The molecule has 0 atom stereocenters. The van der Waals surface area contributed by atoms with Crippen molar-refractivity contribution >= 4 is 38.8 Å². The molecule has 2 aromatic carbocycles. The Labute approximate surface area is 236 Å². The van der Waals surface area contributed by atoms with E-state index in [1.54, 1.807) is 66.7 Å². The van der Waals surface area contributed by atoms with Crippen LogP contribution in [-0.4, -0.2) is 65.0 Å². The molecule has 3 aromatic heterocycles. The monoisotopic (exact) mass is 569 g/mol. The van der Waals surface area contributed by atoms with Crippen LogP contribution in [0.15, 0.2) is 96.3 Å². The van der Waals surface area contributed by atoms with Crippen LogP contribution >= 0.6 is 0 Å². The van der Waals surface area contributed by atoms with Gasteiger partial charge in [-0.3, -0.25) is 0 Å². The number of nitrogens with two attached hydrogens (primary N) is 1. The predicted octanol–water partition coefficient (Wildman–Crippen LogP) is 3.88. The first kappa shape index (κ1) is 26.3. The van der Waals surface area contributed by atoms with Crippen molar-refractivity contribution in [2.24, 2.45) is 5.92 Å². The van der Waals surface area contributed by atoms with Crippen LogP contribution in [0.25, 0.3) is 22.3 Å². The summed E-state index contributed by atoms with van der Waals surface area (Å²) in [7, 11) is -2.24. The Hall–Kier alpha value is -4.97. The normalized spacial score (nSPS) is 13.6. The summed E-state index contributed by atoms with van der Waals surface area (Å²) >= 11 is 0. The second kappa shape index (κ2) is 10.5. The second-order valence-corrected chi connectivity index (χ2v) is 11.6. The molecule has 0 unspecified atom stereocenters. The third kappa shape index (κ3) is 5.05. The van der Waals surface area contributed by atoms with E-state index in [0.29, 0.717) is 42.0 Å². The van der Waals surface area contributed by atoms with Crippen LogP contribution in [-0.2, 0) is 10.0 Å². The van der Waals surface area contributed by atoms with E-state index < -0.39 is 16.1 Å². The summed E-state index contributed by atoms with van der Waals surface area (Å²) in [6.45, 7) is 1.82. The second-order valence-electron chi connectivity index (χ2n) is 9.82. The molecular formula is C29H27N7O4S. The highest BCUT2D eigenvalue weighted by Gasteiger charge is 2.33. The summed E-state index contributed by atoms with van der Waals surface area (Å²) in [4.78, 5) is 29.2. The summed E-state index contributed by atoms with van der Waals surface area (Å²) in [5.74, 6) is 0.764. The van der Waals surface area contributed by atoms with E-state index in [4.69, 9.17) is 10.5 Å². The molecule has 1 aliphatic rings. The quantitative estimate of drug-likeness (QED) is 0.310. The minimum atomic E-state index is -3.95. The first-order valence-electron chi connectivity index (χ1n) is 12.9. The number of aromatic nitrogens is 4. The number of rotatable bonds is 7. The first-order chi connectivity index (χ1) is 19.8. The van der Waals surface area contributed by atoms with Gasteiger partial charge < -0.3 is 20.3 Å². The smallest absolute Gasteiger partial charge is 0.410 e. The summed E-state index contributed by atoms with van der Waals surface area (Å²) in [5, 5.41) is 0.639. The van der Waals surface area contributed by atoms with Crippen molar-refractivity contribution < 1.29 is 17.9 Å². The maximum Gasteiger partial charge on any atom is 0.414 e. The van der Waals surface area contributed by atoms with Crippen LogP contribution in [0.2, 0.25) is 0 Å². The van der Waals surface area contributed by atoms with Gasteiger partial charge in [-0.25, -0.2) is 32.1 Å². The Bertz CT molecular complexity index is 1820. The minimum Gasteiger partial charge on any atom is -0.410 e. The third-order valence-corrected chi connectivity index (χ3v) is 8.64. The molecule has 11 nitrogen and oxygen atoms in total. The van der Waals surface area contributed by atoms with Crippen molar-refractivity contribution in [1.82, 2.24) is 23.8 Å². The number of hydrogen-bond donors (Lipinski definition) is 1. The molecule has 0 bridgehead atoms. The highest BCUT2D eigenvalue weighted by molar-refractivity contribution is 7.90. The molecule has 0 saturated carbocycles. The number of fused-ring (bicyclic) bond motifs is 1. The predicted molar refractivity (Wildman–Crippen MR) is 155 cm³/mol. The Morgan fingerprint density at radius 3 is 2.39 bits per heavy atom. The van der Waals surface area contributed by atoms with Gasteiger partial charge in [-0.05, 0) is 36.4 Å². The number of nitrogens with zero attached hydrogens (tertiary/aromatic N) is 6. The van der Waals surface area contributed by atoms with Gasteiger partial charge in [0.1, 0.15) is 5.75 Å². The lowest BCUT2D eigenvalue weighted by Gasteiger charge is -2.42. The summed E-state index contributed by atoms with van der Waals surface area (Å²) in [5.41, 5.74) is 8.04. The van der Waals surface area contributed by atoms with E-state index >= 15 is 0 Å². The molecule has 0 aliphatic carbocycles. The maximum absolute atomic E-state index is 13.7. The van der Waals surface area contributed by atoms with Crippen LogP contribution in [0.3, 0.4) is 0 Å². The topological polar surface area (TPSA) is 137 Å². The van der Waals surface area contributed by atoms with E-state index in [0.717, 1.165) is 5.69 Å². The molecule has 5 aromatic rings. The van der Waals surface area contributed by atoms with Gasteiger partial charge in [-0.2, -0.15) is 0 Å². The molecule has 12 heteroatoms. The zero-order valence-electron chi connectivity index (χ0n) is 22.2. The lowest BCUT2D eigenvalue weighted by Crippen LogP contribution is -2.52. The Balaban J connectivity index is 1.31. The Morgan fingerprint density at radius 2 is 1.68 bits per heavy atom. The van der Waals surface area contributed by atoms with E-state index in [9.17, 15) is 13.2 Å². The lowest BCUT2D eigenvalue weighted by atomic mass is 9.97. The molecule has 41 heavy (non-hydrogen) atoms. The van der Waals surface area contributed by atoms with Crippen molar-refractivity contribution in [2.45, 2.75) is 4.90 Å². The largest absolute Gasteiger partial charge is 0.414 e. The van der Waals surface area contributed by atoms with Crippen molar-refractivity contribution in [3.63, 3.8) is 0 Å². The number of carbonyl (C=O) groups is 1. The number of nitrogen functional groups attached to an aromatic ring is 1. The average molecular weight is 570 g/mol. The van der Waals surface area contributed by atoms with Crippen LogP contribution in [0.1, 0.15) is 0 Å². The molecule has 0 radical (unpaired) electrons. The van der Waals surface area contributed by atoms with E-state index in [1.807, 2.05) is 24.3 Å². The summed E-state index contributed by atoms with van der Waals surface area (Å²) < 4.78 is 34.0. The number of carbonyl (C=O) groups excluding carboxylic acids is 1. The number of benzene rings is 2. The lowest BCUT2D eigenvalue weighted by molar-refractivity contribution is 0.152. The van der Waals surface area contributed by atoms with Crippen molar-refractivity contribution in [1.29, 1.82) is 0 Å². The Morgan fingerprint density at radius 1 is 1.00 bits per heavy atom. The van der Waals surface area contributed by atoms with Gasteiger partial charge in [0.25, 0.3) is 10.0 Å². The maximum atomic E-state index is 13.7. The van der Waals surface area contributed by atoms with Gasteiger partial charge >= 0.3 is 6.09 Å². The number of anilines is 2. The van der Waals surface area contributed by atoms with Gasteiger partial charge in [0, 0.05) is 56.8 Å². The number of para-hydroxylation sites is 1. The third-order valence-electron chi connectivity index (χ3n) is 6.97. The number of pyridine rings is 1. The van der Waals surface area contributed by atoms with E-state index in [-0.39, 0.29) is 22.4 Å². The van der Waals surface area contributed by atoms with Crippen molar-refractivity contribution in [3.8, 4) is 17.0 Å². The molecule has 0 spiro atoms. The summed E-state index contributed by atoms with van der Waals surface area (Å²) in [6.07, 6.45) is 4.25. The zero-order chi connectivity index (χ0) is 28.6. The number of hydrogen-bond acceptors (Lipinski definition) is 9. The van der Waals surface area contributed by atoms with Crippen LogP contribution in [0.5, 0.6) is 5.75 Å². The molecule has 6 rings (SSSR count). The standard InChI is InChI=1S/C29H27N7O4S/c1-34(29(37)40-21-8-4-2-5-9-21)16-20-17-35(18-20)25-13-15-31-27-26(25)23(24-12-14-32-28(30)33-24)19-36(27)41(38,39)22-10-6-3-7-11-22/h2-15,19-20H,16-18H2,1H3,(H2,30,32,33). The molecular weight excluding hydrogens is 542 g/mol. The molecule has 1 fully saturated rings. The van der Waals surface area contributed by atoms with Gasteiger partial charge in [0.2, 0.25) is 5.95 Å². The van der Waals surface area contributed by atoms with Gasteiger partial charge in [-0.15, -0.1) is 0 Å². The molecule has 1 aliphatic heterocycles. The van der Waals surface area contributed by atoms with Crippen LogP contribution in [0.4, 0.5) is 16.4 Å². The fourth-order valence-electron chi connectivity index (χ4n) is 4.99. The number of amides is 1. The molecule has 2 N–H and O–H groups in total. The molecule has 1 amide bonds. The molecule has 4 heterocycles. The molecule has 208 valence electrons. The fraction of sp³-hybridized carbons (Fsp3) is 0.172. The first-order valence-corrected chi connectivity index (χ1v) is 14.4. The van der Waals surface area contributed by atoms with Crippen LogP contribution in [0, 0.1) is 5.92 Å². The molecule has 1 saturated heterocycles. The Kier molecular flexibility index (Phi) is 6.75. The van der Waals surface area contributed by atoms with Gasteiger partial charge in [0.05, 0.1) is 21.7 Å². The van der Waals surface area contributed by atoms with Crippen LogP contribution < -0.4 is 15.4 Å². The fourth-order valence-corrected chi connectivity index (χ4v) is 6.33. The minimum absolute atomic E-state index is 0.0780. The zero-order valence-corrected chi connectivity index (χ0v) is 23.0. The van der Waals surface area contributed by atoms with Crippen molar-refractivity contribution in [2.75, 3.05) is 37.3 Å². The highest BCUT2D eigenvalue weighted by Crippen LogP contribution is 2.39. The van der Waals surface area contributed by atoms with Crippen molar-refractivity contribution in [3.05, 3.63) is 91.4 Å². The SMILES string of the molecule is CN(CC1CN(c2ccnc3c2c(-c2ccnc(N)n2)cn3S(=O)(=O)c2ccccc2)C1)C(=O)Oc1ccccc1. The number of ether oxygens (including phenoxy) is 1.